The second kappa shape index (κ2) is 5.38. The summed E-state index contributed by atoms with van der Waals surface area (Å²) in [5.74, 6) is -0.260. The maximum atomic E-state index is 13.8. The number of rotatable bonds is 4. The first-order chi connectivity index (χ1) is 8.24. The molecule has 0 aliphatic heterocycles. The second-order valence-corrected chi connectivity index (χ2v) is 4.64. The van der Waals surface area contributed by atoms with Crippen LogP contribution in [0.15, 0.2) is 29.2 Å². The lowest BCUT2D eigenvalue weighted by atomic mass is 9.99. The quantitative estimate of drug-likeness (QED) is 0.900. The van der Waals surface area contributed by atoms with Gasteiger partial charge in [0.1, 0.15) is 5.82 Å². The molecule has 0 bridgehead atoms. The highest BCUT2D eigenvalue weighted by atomic mass is 32.1. The number of halogens is 1. The van der Waals surface area contributed by atoms with Gasteiger partial charge in [0, 0.05) is 11.8 Å². The molecular weight excluding hydrogens is 235 g/mol. The van der Waals surface area contributed by atoms with E-state index < -0.39 is 0 Å². The number of aryl methyl sites for hydroxylation is 1. The molecular formula is C13H15FN2S. The van der Waals surface area contributed by atoms with Crippen molar-refractivity contribution >= 4 is 11.3 Å². The molecule has 0 spiro atoms. The van der Waals surface area contributed by atoms with Crippen molar-refractivity contribution in [3.05, 3.63) is 51.7 Å². The summed E-state index contributed by atoms with van der Waals surface area (Å²) in [4.78, 5) is 3.79. The smallest absolute Gasteiger partial charge is 0.146 e. The summed E-state index contributed by atoms with van der Waals surface area (Å²) in [6, 6.07) is 1.65. The van der Waals surface area contributed by atoms with Crippen LogP contribution >= 0.6 is 11.3 Å². The number of thiophene rings is 1. The molecule has 17 heavy (non-hydrogen) atoms. The maximum Gasteiger partial charge on any atom is 0.146 e. The molecule has 0 saturated heterocycles. The van der Waals surface area contributed by atoms with E-state index in [9.17, 15) is 4.39 Å². The average molecular weight is 250 g/mol. The standard InChI is InChI=1S/C13H15FN2S/c1-3-16-13(11-8-17-7-9(11)2)10-4-5-15-6-12(10)14/h4-8,13,16H,3H2,1-2H3. The molecule has 4 heteroatoms. The van der Waals surface area contributed by atoms with E-state index in [0.717, 1.165) is 12.1 Å². The van der Waals surface area contributed by atoms with Crippen molar-refractivity contribution < 1.29 is 4.39 Å². The molecule has 2 rings (SSSR count). The molecule has 2 aromatic heterocycles. The van der Waals surface area contributed by atoms with Gasteiger partial charge in [0.05, 0.1) is 12.2 Å². The SMILES string of the molecule is CCNC(c1cscc1C)c1ccncc1F. The average Bonchev–Trinajstić information content (AvgIpc) is 2.74. The van der Waals surface area contributed by atoms with Crippen LogP contribution in [0.5, 0.6) is 0 Å². The highest BCUT2D eigenvalue weighted by Crippen LogP contribution is 2.28. The Labute approximate surface area is 105 Å². The van der Waals surface area contributed by atoms with Crippen LogP contribution in [0.2, 0.25) is 0 Å². The summed E-state index contributed by atoms with van der Waals surface area (Å²) in [6.45, 7) is 4.87. The molecule has 0 amide bonds. The van der Waals surface area contributed by atoms with E-state index in [2.05, 4.69) is 28.0 Å². The Balaban J connectivity index is 2.43. The minimum Gasteiger partial charge on any atom is -0.306 e. The van der Waals surface area contributed by atoms with E-state index >= 15 is 0 Å². The summed E-state index contributed by atoms with van der Waals surface area (Å²) in [7, 11) is 0. The summed E-state index contributed by atoms with van der Waals surface area (Å²) in [5.41, 5.74) is 2.99. The highest BCUT2D eigenvalue weighted by Gasteiger charge is 2.18. The second-order valence-electron chi connectivity index (χ2n) is 3.90. The molecule has 1 atom stereocenters. The van der Waals surface area contributed by atoms with E-state index in [1.807, 2.05) is 6.92 Å². The van der Waals surface area contributed by atoms with E-state index in [1.54, 1.807) is 23.6 Å². The lowest BCUT2D eigenvalue weighted by Gasteiger charge is -2.19. The first kappa shape index (κ1) is 12.2. The van der Waals surface area contributed by atoms with Crippen LogP contribution in [0.25, 0.3) is 0 Å². The van der Waals surface area contributed by atoms with Crippen LogP contribution in [-0.2, 0) is 0 Å². The van der Waals surface area contributed by atoms with Gasteiger partial charge in [-0.05, 0) is 41.4 Å². The number of pyridine rings is 1. The van der Waals surface area contributed by atoms with Gasteiger partial charge in [0.25, 0.3) is 0 Å². The lowest BCUT2D eigenvalue weighted by molar-refractivity contribution is 0.554. The van der Waals surface area contributed by atoms with Gasteiger partial charge >= 0.3 is 0 Å². The third-order valence-electron chi connectivity index (χ3n) is 2.73. The minimum atomic E-state index is -0.260. The van der Waals surface area contributed by atoms with Gasteiger partial charge in [-0.2, -0.15) is 11.3 Å². The van der Waals surface area contributed by atoms with Crippen LogP contribution in [0.3, 0.4) is 0 Å². The third-order valence-corrected chi connectivity index (χ3v) is 3.61. The third kappa shape index (κ3) is 2.53. The Bertz CT molecular complexity index is 496. The Hall–Kier alpha value is -1.26. The molecule has 0 saturated carbocycles. The van der Waals surface area contributed by atoms with E-state index in [4.69, 9.17) is 0 Å². The first-order valence-corrected chi connectivity index (χ1v) is 6.53. The van der Waals surface area contributed by atoms with Crippen molar-refractivity contribution in [3.63, 3.8) is 0 Å². The molecule has 0 aliphatic carbocycles. The fourth-order valence-electron chi connectivity index (χ4n) is 1.88. The number of nitrogens with zero attached hydrogens (tertiary/aromatic N) is 1. The predicted molar refractivity (Wildman–Crippen MR) is 68.8 cm³/mol. The lowest BCUT2D eigenvalue weighted by Crippen LogP contribution is -2.23. The monoisotopic (exact) mass is 250 g/mol. The molecule has 0 aromatic carbocycles. The van der Waals surface area contributed by atoms with Crippen molar-refractivity contribution in [3.8, 4) is 0 Å². The number of hydrogen-bond acceptors (Lipinski definition) is 3. The largest absolute Gasteiger partial charge is 0.306 e. The number of nitrogens with one attached hydrogen (secondary N) is 1. The van der Waals surface area contributed by atoms with Crippen LogP contribution in [0.4, 0.5) is 4.39 Å². The van der Waals surface area contributed by atoms with E-state index in [0.29, 0.717) is 5.56 Å². The highest BCUT2D eigenvalue weighted by molar-refractivity contribution is 7.08. The fraction of sp³-hybridized carbons (Fsp3) is 0.308. The van der Waals surface area contributed by atoms with Crippen molar-refractivity contribution in [1.82, 2.24) is 10.3 Å². The summed E-state index contributed by atoms with van der Waals surface area (Å²) >= 11 is 1.64. The molecule has 0 fully saturated rings. The van der Waals surface area contributed by atoms with Crippen molar-refractivity contribution in [2.75, 3.05) is 6.54 Å². The van der Waals surface area contributed by atoms with E-state index in [1.165, 1.54) is 11.8 Å². The Morgan fingerprint density at radius 2 is 2.24 bits per heavy atom. The molecule has 0 radical (unpaired) electrons. The van der Waals surface area contributed by atoms with Gasteiger partial charge in [-0.25, -0.2) is 4.39 Å². The zero-order valence-corrected chi connectivity index (χ0v) is 10.7. The van der Waals surface area contributed by atoms with Crippen LogP contribution < -0.4 is 5.32 Å². The molecule has 2 heterocycles. The Morgan fingerprint density at radius 3 is 2.82 bits per heavy atom. The summed E-state index contributed by atoms with van der Waals surface area (Å²) in [5, 5.41) is 7.48. The molecule has 2 nitrogen and oxygen atoms in total. The first-order valence-electron chi connectivity index (χ1n) is 5.59. The summed E-state index contributed by atoms with van der Waals surface area (Å²) < 4.78 is 13.8. The summed E-state index contributed by atoms with van der Waals surface area (Å²) in [6.07, 6.45) is 2.89. The number of hydrogen-bond donors (Lipinski definition) is 1. The van der Waals surface area contributed by atoms with Crippen LogP contribution in [0.1, 0.15) is 29.7 Å². The van der Waals surface area contributed by atoms with Crippen LogP contribution in [0, 0.1) is 12.7 Å². The normalized spacial score (nSPS) is 12.6. The van der Waals surface area contributed by atoms with Gasteiger partial charge in [-0.15, -0.1) is 0 Å². The Morgan fingerprint density at radius 1 is 1.41 bits per heavy atom. The minimum absolute atomic E-state index is 0.0887. The molecule has 1 unspecified atom stereocenters. The molecule has 1 N–H and O–H groups in total. The van der Waals surface area contributed by atoms with Gasteiger partial charge < -0.3 is 5.32 Å². The molecule has 90 valence electrons. The predicted octanol–water partition coefficient (Wildman–Crippen LogP) is 3.29. The number of aromatic nitrogens is 1. The topological polar surface area (TPSA) is 24.9 Å². The van der Waals surface area contributed by atoms with Gasteiger partial charge in [-0.1, -0.05) is 6.92 Å². The molecule has 2 aromatic rings. The fourth-order valence-corrected chi connectivity index (χ4v) is 2.75. The molecule has 0 aliphatic rings. The van der Waals surface area contributed by atoms with Crippen molar-refractivity contribution in [2.24, 2.45) is 0 Å². The Kier molecular flexibility index (Phi) is 3.86. The van der Waals surface area contributed by atoms with Crippen LogP contribution in [-0.4, -0.2) is 11.5 Å². The zero-order chi connectivity index (χ0) is 12.3. The van der Waals surface area contributed by atoms with Gasteiger partial charge in [0.15, 0.2) is 0 Å². The van der Waals surface area contributed by atoms with E-state index in [-0.39, 0.29) is 11.9 Å². The maximum absolute atomic E-state index is 13.8. The van der Waals surface area contributed by atoms with Crippen molar-refractivity contribution in [2.45, 2.75) is 19.9 Å². The van der Waals surface area contributed by atoms with Gasteiger partial charge in [0.2, 0.25) is 0 Å². The zero-order valence-electron chi connectivity index (χ0n) is 9.90. The van der Waals surface area contributed by atoms with Crippen molar-refractivity contribution in [1.29, 1.82) is 0 Å². The van der Waals surface area contributed by atoms with Gasteiger partial charge in [-0.3, -0.25) is 4.98 Å².